The van der Waals surface area contributed by atoms with Crippen LogP contribution in [0.3, 0.4) is 0 Å². The van der Waals surface area contributed by atoms with Crippen LogP contribution >= 0.6 is 12.6 Å². The highest BCUT2D eigenvalue weighted by Gasteiger charge is 2.24. The van der Waals surface area contributed by atoms with Gasteiger partial charge in [0.25, 0.3) is 0 Å². The summed E-state index contributed by atoms with van der Waals surface area (Å²) in [5, 5.41) is 0. The molecule has 0 aliphatic heterocycles. The standard InChI is InChI=1S/C11H14F2OS/c1-4-14-7-5-8(12)10(9(13)6-7)11(2,3)15/h5-6,15H,4H2,1-3H3. The molecule has 0 aliphatic rings. The van der Waals surface area contributed by atoms with Crippen LogP contribution in [0.4, 0.5) is 8.78 Å². The number of ether oxygens (including phenoxy) is 1. The zero-order chi connectivity index (χ0) is 11.6. The molecule has 0 heterocycles. The van der Waals surface area contributed by atoms with E-state index in [4.69, 9.17) is 4.74 Å². The second kappa shape index (κ2) is 4.39. The lowest BCUT2D eigenvalue weighted by molar-refractivity contribution is 0.334. The van der Waals surface area contributed by atoms with Crippen molar-refractivity contribution in [2.45, 2.75) is 25.5 Å². The average Bonchev–Trinajstić information content (AvgIpc) is 1.99. The van der Waals surface area contributed by atoms with Gasteiger partial charge < -0.3 is 4.74 Å². The van der Waals surface area contributed by atoms with Gasteiger partial charge in [-0.1, -0.05) is 0 Å². The Labute approximate surface area is 93.9 Å². The maximum atomic E-state index is 13.6. The van der Waals surface area contributed by atoms with Crippen LogP contribution in [-0.2, 0) is 4.75 Å². The molecular formula is C11H14F2OS. The zero-order valence-corrected chi connectivity index (χ0v) is 9.87. The van der Waals surface area contributed by atoms with Crippen molar-refractivity contribution in [1.29, 1.82) is 0 Å². The summed E-state index contributed by atoms with van der Waals surface area (Å²) in [5.74, 6) is -1.05. The van der Waals surface area contributed by atoms with E-state index in [1.54, 1.807) is 20.8 Å². The van der Waals surface area contributed by atoms with Crippen LogP contribution in [0.5, 0.6) is 5.75 Å². The van der Waals surface area contributed by atoms with Gasteiger partial charge in [0.05, 0.1) is 6.61 Å². The predicted molar refractivity (Wildman–Crippen MR) is 59.5 cm³/mol. The summed E-state index contributed by atoms with van der Waals surface area (Å²) >= 11 is 4.15. The smallest absolute Gasteiger partial charge is 0.134 e. The van der Waals surface area contributed by atoms with Crippen LogP contribution in [0.25, 0.3) is 0 Å². The molecule has 0 aliphatic carbocycles. The Balaban J connectivity index is 3.22. The first-order valence-corrected chi connectivity index (χ1v) is 5.15. The molecule has 0 saturated heterocycles. The summed E-state index contributed by atoms with van der Waals surface area (Å²) in [6.45, 7) is 5.41. The van der Waals surface area contributed by atoms with Gasteiger partial charge in [-0.3, -0.25) is 0 Å². The third-order valence-corrected chi connectivity index (χ3v) is 2.16. The van der Waals surface area contributed by atoms with E-state index in [0.29, 0.717) is 6.61 Å². The second-order valence-electron chi connectivity index (χ2n) is 3.75. The van der Waals surface area contributed by atoms with Crippen molar-refractivity contribution in [3.8, 4) is 5.75 Å². The number of hydrogen-bond donors (Lipinski definition) is 1. The first kappa shape index (κ1) is 12.3. The fourth-order valence-corrected chi connectivity index (χ4v) is 1.60. The van der Waals surface area contributed by atoms with E-state index in [1.165, 1.54) is 12.1 Å². The highest BCUT2D eigenvalue weighted by molar-refractivity contribution is 7.81. The van der Waals surface area contributed by atoms with Crippen molar-refractivity contribution in [3.63, 3.8) is 0 Å². The Morgan fingerprint density at radius 1 is 1.27 bits per heavy atom. The van der Waals surface area contributed by atoms with Crippen molar-refractivity contribution in [2.24, 2.45) is 0 Å². The highest BCUT2D eigenvalue weighted by Crippen LogP contribution is 2.33. The Morgan fingerprint density at radius 3 is 2.07 bits per heavy atom. The van der Waals surface area contributed by atoms with E-state index in [-0.39, 0.29) is 11.3 Å². The monoisotopic (exact) mass is 232 g/mol. The zero-order valence-electron chi connectivity index (χ0n) is 8.97. The molecule has 0 saturated carbocycles. The van der Waals surface area contributed by atoms with Crippen LogP contribution in [0.1, 0.15) is 26.3 Å². The number of hydrogen-bond acceptors (Lipinski definition) is 2. The van der Waals surface area contributed by atoms with E-state index in [2.05, 4.69) is 12.6 Å². The Bertz CT molecular complexity index is 335. The summed E-state index contributed by atoms with van der Waals surface area (Å²) in [4.78, 5) is 0. The lowest BCUT2D eigenvalue weighted by Gasteiger charge is -2.20. The summed E-state index contributed by atoms with van der Waals surface area (Å²) in [6, 6.07) is 2.36. The van der Waals surface area contributed by atoms with Gasteiger partial charge in [-0.05, 0) is 20.8 Å². The van der Waals surface area contributed by atoms with Gasteiger partial charge >= 0.3 is 0 Å². The molecule has 1 aromatic rings. The fourth-order valence-electron chi connectivity index (χ4n) is 1.38. The minimum absolute atomic E-state index is 0.0331. The van der Waals surface area contributed by atoms with E-state index in [9.17, 15) is 8.78 Å². The van der Waals surface area contributed by atoms with Crippen LogP contribution in [0.15, 0.2) is 12.1 Å². The van der Waals surface area contributed by atoms with Gasteiger partial charge in [0.15, 0.2) is 0 Å². The molecule has 15 heavy (non-hydrogen) atoms. The molecule has 0 atom stereocenters. The first-order chi connectivity index (χ1) is 6.86. The molecule has 0 amide bonds. The quantitative estimate of drug-likeness (QED) is 0.784. The molecule has 4 heteroatoms. The SMILES string of the molecule is CCOc1cc(F)c(C(C)(C)S)c(F)c1. The van der Waals surface area contributed by atoms with Gasteiger partial charge in [-0.2, -0.15) is 12.6 Å². The normalized spacial score (nSPS) is 11.6. The molecule has 84 valence electrons. The number of thiol groups is 1. The third-order valence-electron chi connectivity index (χ3n) is 1.94. The summed E-state index contributed by atoms with van der Waals surface area (Å²) in [6.07, 6.45) is 0. The van der Waals surface area contributed by atoms with Gasteiger partial charge in [-0.15, -0.1) is 0 Å². The molecule has 0 radical (unpaired) electrons. The summed E-state index contributed by atoms with van der Waals surface area (Å²) in [5.41, 5.74) is -0.0331. The second-order valence-corrected chi connectivity index (χ2v) is 4.87. The van der Waals surface area contributed by atoms with Gasteiger partial charge in [-0.25, -0.2) is 8.78 Å². The predicted octanol–water partition coefficient (Wildman–Crippen LogP) is 3.53. The van der Waals surface area contributed by atoms with Crippen molar-refractivity contribution in [3.05, 3.63) is 29.3 Å². The number of rotatable bonds is 3. The summed E-state index contributed by atoms with van der Waals surface area (Å²) < 4.78 is 31.3. The third kappa shape index (κ3) is 2.84. The molecular weight excluding hydrogens is 218 g/mol. The van der Waals surface area contributed by atoms with Crippen LogP contribution in [0.2, 0.25) is 0 Å². The van der Waals surface area contributed by atoms with Crippen LogP contribution in [-0.4, -0.2) is 6.61 Å². The van der Waals surface area contributed by atoms with E-state index < -0.39 is 16.4 Å². The van der Waals surface area contributed by atoms with Crippen molar-refractivity contribution in [2.75, 3.05) is 6.61 Å². The van der Waals surface area contributed by atoms with Crippen molar-refractivity contribution < 1.29 is 13.5 Å². The van der Waals surface area contributed by atoms with Gasteiger partial charge in [0.1, 0.15) is 17.4 Å². The summed E-state index contributed by atoms with van der Waals surface area (Å²) in [7, 11) is 0. The van der Waals surface area contributed by atoms with Crippen molar-refractivity contribution in [1.82, 2.24) is 0 Å². The minimum atomic E-state index is -0.848. The lowest BCUT2D eigenvalue weighted by atomic mass is 10.0. The molecule has 0 fully saturated rings. The molecule has 0 N–H and O–H groups in total. The maximum absolute atomic E-state index is 13.6. The minimum Gasteiger partial charge on any atom is -0.494 e. The van der Waals surface area contributed by atoms with E-state index >= 15 is 0 Å². The Hall–Kier alpha value is -0.770. The topological polar surface area (TPSA) is 9.23 Å². The van der Waals surface area contributed by atoms with E-state index in [0.717, 1.165) is 0 Å². The molecule has 1 aromatic carbocycles. The first-order valence-electron chi connectivity index (χ1n) is 4.71. The van der Waals surface area contributed by atoms with E-state index in [1.807, 2.05) is 0 Å². The molecule has 0 spiro atoms. The molecule has 0 unspecified atom stereocenters. The van der Waals surface area contributed by atoms with Gasteiger partial charge in [0.2, 0.25) is 0 Å². The van der Waals surface area contributed by atoms with Crippen molar-refractivity contribution >= 4 is 12.6 Å². The average molecular weight is 232 g/mol. The highest BCUT2D eigenvalue weighted by atomic mass is 32.1. The number of halogens is 2. The molecule has 1 nitrogen and oxygen atoms in total. The fraction of sp³-hybridized carbons (Fsp3) is 0.455. The molecule has 0 aromatic heterocycles. The number of benzene rings is 1. The maximum Gasteiger partial charge on any atom is 0.134 e. The molecule has 0 bridgehead atoms. The Morgan fingerprint density at radius 2 is 1.73 bits per heavy atom. The lowest BCUT2D eigenvalue weighted by Crippen LogP contribution is -2.13. The Kier molecular flexibility index (Phi) is 3.60. The largest absolute Gasteiger partial charge is 0.494 e. The van der Waals surface area contributed by atoms with Crippen LogP contribution in [0, 0.1) is 11.6 Å². The van der Waals surface area contributed by atoms with Gasteiger partial charge in [0, 0.05) is 22.4 Å². The molecule has 1 rings (SSSR count). The van der Waals surface area contributed by atoms with Crippen LogP contribution < -0.4 is 4.74 Å².